The van der Waals surface area contributed by atoms with Crippen molar-refractivity contribution in [2.24, 2.45) is 0 Å². The molecule has 0 unspecified atom stereocenters. The Balaban J connectivity index is 0.00000139. The molecule has 0 N–H and O–H groups in total. The molecule has 1 aliphatic rings. The van der Waals surface area contributed by atoms with Crippen molar-refractivity contribution in [3.8, 4) is 0 Å². The van der Waals surface area contributed by atoms with Crippen LogP contribution in [-0.4, -0.2) is 39.8 Å². The van der Waals surface area contributed by atoms with Gasteiger partial charge in [0, 0.05) is 17.9 Å². The van der Waals surface area contributed by atoms with Gasteiger partial charge in [-0.1, -0.05) is 20.8 Å². The molecule has 24 heavy (non-hydrogen) atoms. The lowest BCUT2D eigenvalue weighted by molar-refractivity contribution is 0.00578. The van der Waals surface area contributed by atoms with Crippen LogP contribution in [0.3, 0.4) is 0 Å². The Labute approximate surface area is 146 Å². The van der Waals surface area contributed by atoms with Crippen LogP contribution in [0.2, 0.25) is 0 Å². The number of carbonyl (C=O) groups is 1. The largest absolute Gasteiger partial charge is 0.498 e. The minimum absolute atomic E-state index is 0.426. The van der Waals surface area contributed by atoms with Gasteiger partial charge in [-0.15, -0.1) is 0 Å². The Bertz CT molecular complexity index is 551. The lowest BCUT2D eigenvalue weighted by Gasteiger charge is -2.32. The Kier molecular flexibility index (Phi) is 6.28. The van der Waals surface area contributed by atoms with Gasteiger partial charge in [0.05, 0.1) is 11.2 Å². The van der Waals surface area contributed by atoms with Crippen LogP contribution in [0.15, 0.2) is 12.4 Å². The van der Waals surface area contributed by atoms with E-state index in [1.165, 1.54) is 4.68 Å². The van der Waals surface area contributed by atoms with Crippen molar-refractivity contribution in [1.82, 2.24) is 9.78 Å². The molecule has 0 saturated carbocycles. The molecule has 0 atom stereocenters. The summed E-state index contributed by atoms with van der Waals surface area (Å²) in [6.07, 6.45) is 3.39. The van der Waals surface area contributed by atoms with E-state index in [0.29, 0.717) is 5.46 Å². The number of aromatic nitrogens is 2. The van der Waals surface area contributed by atoms with Gasteiger partial charge in [-0.3, -0.25) is 0 Å². The first-order valence-electron chi connectivity index (χ1n) is 8.61. The Morgan fingerprint density at radius 2 is 1.75 bits per heavy atom. The lowest BCUT2D eigenvalue weighted by Crippen LogP contribution is -2.41. The molecule has 1 fully saturated rings. The zero-order valence-electron chi connectivity index (χ0n) is 16.5. The second kappa shape index (κ2) is 7.27. The molecule has 0 radical (unpaired) electrons. The van der Waals surface area contributed by atoms with Crippen molar-refractivity contribution in [1.29, 1.82) is 0 Å². The number of rotatable bonds is 3. The van der Waals surface area contributed by atoms with Crippen LogP contribution < -0.4 is 5.46 Å². The molecular formula is C17H31BN2O4. The number of hydrogen-bond acceptors (Lipinski definition) is 5. The van der Waals surface area contributed by atoms with Gasteiger partial charge in [0.25, 0.3) is 0 Å². The van der Waals surface area contributed by atoms with E-state index >= 15 is 0 Å². The van der Waals surface area contributed by atoms with Crippen molar-refractivity contribution >= 4 is 18.7 Å². The fourth-order valence-corrected chi connectivity index (χ4v) is 1.89. The number of nitrogens with zero attached hydrogens (tertiary/aromatic N) is 2. The average molecular weight is 338 g/mol. The van der Waals surface area contributed by atoms with Crippen molar-refractivity contribution in [2.75, 3.05) is 0 Å². The number of hydrogen-bond donors (Lipinski definition) is 0. The van der Waals surface area contributed by atoms with Gasteiger partial charge in [-0.2, -0.15) is 9.78 Å². The minimum atomic E-state index is -0.536. The highest BCUT2D eigenvalue weighted by Crippen LogP contribution is 2.36. The molecule has 0 bridgehead atoms. The average Bonchev–Trinajstić information content (AvgIpc) is 3.04. The van der Waals surface area contributed by atoms with E-state index < -0.39 is 30.0 Å². The Hall–Kier alpha value is -1.34. The predicted octanol–water partition coefficient (Wildman–Crippen LogP) is 3.38. The van der Waals surface area contributed by atoms with E-state index in [1.807, 2.05) is 62.3 Å². The molecule has 7 heteroatoms. The highest BCUT2D eigenvalue weighted by molar-refractivity contribution is 6.62. The molecule has 1 aromatic rings. The fourth-order valence-electron chi connectivity index (χ4n) is 1.89. The smallest absolute Gasteiger partial charge is 0.442 e. The van der Waals surface area contributed by atoms with Crippen molar-refractivity contribution in [2.45, 2.75) is 85.5 Å². The molecule has 1 aromatic heterocycles. The third-order valence-corrected chi connectivity index (χ3v) is 4.53. The fraction of sp³-hybridized carbons (Fsp3) is 0.765. The standard InChI is InChI=1S/C15H25BN2O4.C2H6/c1-8-13(2,3)20-12(19)18-10-11(9-17-18)16-21-14(4,5)15(6,7)22-16;1-2/h9-10H,8H2,1-7H3;1-2H3. The van der Waals surface area contributed by atoms with Crippen LogP contribution in [0.4, 0.5) is 4.79 Å². The summed E-state index contributed by atoms with van der Waals surface area (Å²) in [6.45, 7) is 17.6. The molecule has 6 nitrogen and oxygen atoms in total. The van der Waals surface area contributed by atoms with Gasteiger partial charge >= 0.3 is 13.2 Å². The topological polar surface area (TPSA) is 62.6 Å². The Morgan fingerprint density at radius 1 is 1.25 bits per heavy atom. The van der Waals surface area contributed by atoms with E-state index in [0.717, 1.165) is 6.42 Å². The van der Waals surface area contributed by atoms with Crippen LogP contribution in [0, 0.1) is 0 Å². The summed E-state index contributed by atoms with van der Waals surface area (Å²) < 4.78 is 18.5. The second-order valence-electron chi connectivity index (χ2n) is 7.29. The Morgan fingerprint density at radius 3 is 2.21 bits per heavy atom. The first-order chi connectivity index (χ1) is 11.0. The maximum atomic E-state index is 12.1. The third-order valence-electron chi connectivity index (χ3n) is 4.53. The van der Waals surface area contributed by atoms with Gasteiger partial charge in [-0.05, 0) is 48.0 Å². The second-order valence-corrected chi connectivity index (χ2v) is 7.29. The van der Waals surface area contributed by atoms with Gasteiger partial charge < -0.3 is 14.0 Å². The van der Waals surface area contributed by atoms with Gasteiger partial charge in [0.2, 0.25) is 0 Å². The number of ether oxygens (including phenoxy) is 1. The summed E-state index contributed by atoms with van der Waals surface area (Å²) >= 11 is 0. The maximum Gasteiger partial charge on any atom is 0.498 e. The van der Waals surface area contributed by atoms with Crippen molar-refractivity contribution in [3.63, 3.8) is 0 Å². The minimum Gasteiger partial charge on any atom is -0.442 e. The first-order valence-corrected chi connectivity index (χ1v) is 8.61. The van der Waals surface area contributed by atoms with Crippen LogP contribution in [0.25, 0.3) is 0 Å². The summed E-state index contributed by atoms with van der Waals surface area (Å²) in [4.78, 5) is 12.1. The molecule has 0 spiro atoms. The third kappa shape index (κ3) is 4.39. The van der Waals surface area contributed by atoms with E-state index in [-0.39, 0.29) is 0 Å². The summed E-state index contributed by atoms with van der Waals surface area (Å²) in [6, 6.07) is 0. The van der Waals surface area contributed by atoms with E-state index in [4.69, 9.17) is 14.0 Å². The molecule has 1 saturated heterocycles. The van der Waals surface area contributed by atoms with Crippen LogP contribution >= 0.6 is 0 Å². The van der Waals surface area contributed by atoms with Crippen LogP contribution in [-0.2, 0) is 14.0 Å². The number of carbonyl (C=O) groups excluding carboxylic acids is 1. The molecular weight excluding hydrogens is 307 g/mol. The summed E-state index contributed by atoms with van der Waals surface area (Å²) in [7, 11) is -0.536. The van der Waals surface area contributed by atoms with Gasteiger partial charge in [-0.25, -0.2) is 4.79 Å². The highest BCUT2D eigenvalue weighted by atomic mass is 16.7. The maximum absolute atomic E-state index is 12.1. The van der Waals surface area contributed by atoms with Gasteiger partial charge in [0.1, 0.15) is 5.60 Å². The summed E-state index contributed by atoms with van der Waals surface area (Å²) in [5, 5.41) is 4.06. The van der Waals surface area contributed by atoms with Crippen LogP contribution in [0.5, 0.6) is 0 Å². The molecule has 1 aliphatic heterocycles. The molecule has 0 aliphatic carbocycles. The zero-order chi connectivity index (χ0) is 18.8. The highest BCUT2D eigenvalue weighted by Gasteiger charge is 2.52. The van der Waals surface area contributed by atoms with Crippen molar-refractivity contribution in [3.05, 3.63) is 12.4 Å². The molecule has 0 amide bonds. The summed E-state index contributed by atoms with van der Waals surface area (Å²) in [5.74, 6) is 0. The predicted molar refractivity (Wildman–Crippen MR) is 95.5 cm³/mol. The zero-order valence-corrected chi connectivity index (χ0v) is 16.5. The van der Waals surface area contributed by atoms with E-state index in [2.05, 4.69) is 5.10 Å². The summed E-state index contributed by atoms with van der Waals surface area (Å²) in [5.41, 5.74) is -0.674. The van der Waals surface area contributed by atoms with E-state index in [9.17, 15) is 4.79 Å². The molecule has 2 heterocycles. The molecule has 2 rings (SSSR count). The normalized spacial score (nSPS) is 18.8. The molecule has 136 valence electrons. The molecule has 0 aromatic carbocycles. The van der Waals surface area contributed by atoms with E-state index in [1.54, 1.807) is 12.4 Å². The first kappa shape index (κ1) is 20.7. The SMILES string of the molecule is CC.CCC(C)(C)OC(=O)n1cc(B2OC(C)(C)C(C)(C)O2)cn1. The quantitative estimate of drug-likeness (QED) is 0.791. The van der Waals surface area contributed by atoms with Gasteiger partial charge in [0.15, 0.2) is 0 Å². The lowest BCUT2D eigenvalue weighted by atomic mass is 9.82. The van der Waals surface area contributed by atoms with Crippen LogP contribution in [0.1, 0.15) is 68.7 Å². The van der Waals surface area contributed by atoms with Crippen molar-refractivity contribution < 1.29 is 18.8 Å². The monoisotopic (exact) mass is 338 g/mol.